The Labute approximate surface area is 148 Å². The molecular formula is C20H23N3O2. The van der Waals surface area contributed by atoms with Crippen molar-refractivity contribution in [3.05, 3.63) is 72.1 Å². The van der Waals surface area contributed by atoms with Crippen LogP contribution in [0.25, 0.3) is 0 Å². The fourth-order valence-corrected chi connectivity index (χ4v) is 2.39. The monoisotopic (exact) mass is 337 g/mol. The summed E-state index contributed by atoms with van der Waals surface area (Å²) in [4.78, 5) is 28.6. The van der Waals surface area contributed by atoms with Crippen LogP contribution >= 0.6 is 0 Å². The zero-order valence-corrected chi connectivity index (χ0v) is 14.8. The minimum absolute atomic E-state index is 0.0994. The first-order valence-electron chi connectivity index (χ1n) is 8.09. The lowest BCUT2D eigenvalue weighted by Gasteiger charge is -2.23. The number of benzene rings is 1. The Hall–Kier alpha value is -2.95. The Morgan fingerprint density at radius 1 is 1.16 bits per heavy atom. The second kappa shape index (κ2) is 7.75. The molecule has 1 aromatic carbocycles. The molecule has 1 heterocycles. The van der Waals surface area contributed by atoms with Gasteiger partial charge in [-0.1, -0.05) is 45.0 Å². The molecule has 0 saturated heterocycles. The molecule has 0 spiro atoms. The lowest BCUT2D eigenvalue weighted by atomic mass is 9.86. The highest BCUT2D eigenvalue weighted by Crippen LogP contribution is 2.29. The lowest BCUT2D eigenvalue weighted by molar-refractivity contribution is 0.0953. The summed E-state index contributed by atoms with van der Waals surface area (Å²) < 4.78 is 0. The van der Waals surface area contributed by atoms with Crippen molar-refractivity contribution < 1.29 is 9.59 Å². The SMILES string of the molecule is C=CCNC(=O)c1cc(C(=O)Nc2ccccc2C(C)(C)C)ccn1. The number of hydrogen-bond donors (Lipinski definition) is 2. The first-order chi connectivity index (χ1) is 11.8. The highest BCUT2D eigenvalue weighted by Gasteiger charge is 2.19. The van der Waals surface area contributed by atoms with Gasteiger partial charge in [-0.2, -0.15) is 0 Å². The van der Waals surface area contributed by atoms with Crippen molar-refractivity contribution in [3.63, 3.8) is 0 Å². The standard InChI is InChI=1S/C20H23N3O2/c1-5-11-22-19(25)17-13-14(10-12-21-17)18(24)23-16-9-7-6-8-15(16)20(2,3)4/h5-10,12-13H,1,11H2,2-4H3,(H,22,25)(H,23,24). The van der Waals surface area contributed by atoms with Crippen molar-refractivity contribution in [1.82, 2.24) is 10.3 Å². The maximum atomic E-state index is 12.6. The fourth-order valence-electron chi connectivity index (χ4n) is 2.39. The van der Waals surface area contributed by atoms with E-state index in [0.717, 1.165) is 11.3 Å². The van der Waals surface area contributed by atoms with Crippen LogP contribution in [0.3, 0.4) is 0 Å². The van der Waals surface area contributed by atoms with Crippen molar-refractivity contribution in [2.24, 2.45) is 0 Å². The highest BCUT2D eigenvalue weighted by molar-refractivity contribution is 6.06. The van der Waals surface area contributed by atoms with Gasteiger partial charge < -0.3 is 10.6 Å². The van der Waals surface area contributed by atoms with Crippen molar-refractivity contribution >= 4 is 17.5 Å². The van der Waals surface area contributed by atoms with Crippen LogP contribution in [0, 0.1) is 0 Å². The molecule has 0 bridgehead atoms. The molecule has 0 aliphatic carbocycles. The first kappa shape index (κ1) is 18.4. The third-order valence-corrected chi connectivity index (χ3v) is 3.64. The average Bonchev–Trinajstić information content (AvgIpc) is 2.59. The molecule has 2 N–H and O–H groups in total. The number of aromatic nitrogens is 1. The predicted molar refractivity (Wildman–Crippen MR) is 99.9 cm³/mol. The van der Waals surface area contributed by atoms with Crippen LogP contribution in [0.15, 0.2) is 55.3 Å². The number of rotatable bonds is 5. The van der Waals surface area contributed by atoms with Crippen LogP contribution in [0.2, 0.25) is 0 Å². The summed E-state index contributed by atoms with van der Waals surface area (Å²) in [5.74, 6) is -0.624. The molecule has 2 amide bonds. The molecule has 2 rings (SSSR count). The summed E-state index contributed by atoms with van der Waals surface area (Å²) in [6, 6.07) is 10.8. The van der Waals surface area contributed by atoms with E-state index in [9.17, 15) is 9.59 Å². The van der Waals surface area contributed by atoms with Crippen molar-refractivity contribution in [2.75, 3.05) is 11.9 Å². The van der Waals surface area contributed by atoms with Gasteiger partial charge in [-0.25, -0.2) is 0 Å². The molecule has 2 aromatic rings. The maximum absolute atomic E-state index is 12.6. The number of nitrogens with zero attached hydrogens (tertiary/aromatic N) is 1. The number of hydrogen-bond acceptors (Lipinski definition) is 3. The van der Waals surface area contributed by atoms with E-state index in [0.29, 0.717) is 12.1 Å². The lowest BCUT2D eigenvalue weighted by Crippen LogP contribution is -2.25. The Morgan fingerprint density at radius 3 is 2.56 bits per heavy atom. The van der Waals surface area contributed by atoms with Gasteiger partial charge in [-0.05, 0) is 29.2 Å². The van der Waals surface area contributed by atoms with Crippen molar-refractivity contribution in [1.29, 1.82) is 0 Å². The van der Waals surface area contributed by atoms with Gasteiger partial charge in [0.15, 0.2) is 0 Å². The van der Waals surface area contributed by atoms with Crippen LogP contribution < -0.4 is 10.6 Å². The number of carbonyl (C=O) groups excluding carboxylic acids is 2. The van der Waals surface area contributed by atoms with Gasteiger partial charge in [0.05, 0.1) is 0 Å². The molecule has 0 radical (unpaired) electrons. The number of anilines is 1. The Balaban J connectivity index is 2.23. The van der Waals surface area contributed by atoms with E-state index in [2.05, 4.69) is 43.0 Å². The maximum Gasteiger partial charge on any atom is 0.270 e. The van der Waals surface area contributed by atoms with Gasteiger partial charge in [0.1, 0.15) is 5.69 Å². The second-order valence-corrected chi connectivity index (χ2v) is 6.68. The quantitative estimate of drug-likeness (QED) is 0.820. The number of pyridine rings is 1. The van der Waals surface area contributed by atoms with Crippen LogP contribution in [-0.2, 0) is 5.41 Å². The van der Waals surface area contributed by atoms with Crippen LogP contribution in [-0.4, -0.2) is 23.3 Å². The van der Waals surface area contributed by atoms with Crippen molar-refractivity contribution in [3.8, 4) is 0 Å². The van der Waals surface area contributed by atoms with E-state index in [-0.39, 0.29) is 22.9 Å². The number of para-hydroxylation sites is 1. The molecule has 5 heteroatoms. The van der Waals surface area contributed by atoms with E-state index in [1.807, 2.05) is 24.3 Å². The molecule has 1 aromatic heterocycles. The van der Waals surface area contributed by atoms with Gasteiger partial charge >= 0.3 is 0 Å². The summed E-state index contributed by atoms with van der Waals surface area (Å²) in [6.45, 7) is 10.2. The van der Waals surface area contributed by atoms with Gasteiger partial charge in [0.25, 0.3) is 11.8 Å². The topological polar surface area (TPSA) is 71.1 Å². The zero-order valence-electron chi connectivity index (χ0n) is 14.8. The minimum Gasteiger partial charge on any atom is -0.347 e. The smallest absolute Gasteiger partial charge is 0.270 e. The summed E-state index contributed by atoms with van der Waals surface area (Å²) in [7, 11) is 0. The number of carbonyl (C=O) groups is 2. The third-order valence-electron chi connectivity index (χ3n) is 3.64. The molecule has 0 aliphatic rings. The summed E-state index contributed by atoms with van der Waals surface area (Å²) >= 11 is 0. The molecule has 0 fully saturated rings. The molecule has 0 atom stereocenters. The van der Waals surface area contributed by atoms with Gasteiger partial charge in [-0.15, -0.1) is 6.58 Å². The summed E-state index contributed by atoms with van der Waals surface area (Å²) in [5.41, 5.74) is 2.27. The number of amides is 2. The fraction of sp³-hybridized carbons (Fsp3) is 0.250. The minimum atomic E-state index is -0.343. The molecule has 25 heavy (non-hydrogen) atoms. The Bertz CT molecular complexity index is 792. The second-order valence-electron chi connectivity index (χ2n) is 6.68. The van der Waals surface area contributed by atoms with E-state index in [4.69, 9.17) is 0 Å². The number of nitrogens with one attached hydrogen (secondary N) is 2. The molecule has 0 saturated carbocycles. The molecule has 0 unspecified atom stereocenters. The summed E-state index contributed by atoms with van der Waals surface area (Å²) in [5, 5.41) is 5.57. The molecular weight excluding hydrogens is 314 g/mol. The average molecular weight is 337 g/mol. The highest BCUT2D eigenvalue weighted by atomic mass is 16.2. The first-order valence-corrected chi connectivity index (χ1v) is 8.09. The Kier molecular flexibility index (Phi) is 5.70. The van der Waals surface area contributed by atoms with Crippen molar-refractivity contribution in [2.45, 2.75) is 26.2 Å². The van der Waals surface area contributed by atoms with Gasteiger partial charge in [-0.3, -0.25) is 14.6 Å². The van der Waals surface area contributed by atoms with Gasteiger partial charge in [0, 0.05) is 24.0 Å². The van der Waals surface area contributed by atoms with E-state index < -0.39 is 0 Å². The van der Waals surface area contributed by atoms with Crippen LogP contribution in [0.5, 0.6) is 0 Å². The third kappa shape index (κ3) is 4.76. The molecule has 0 aliphatic heterocycles. The normalized spacial score (nSPS) is 10.8. The van der Waals surface area contributed by atoms with Crippen LogP contribution in [0.1, 0.15) is 47.2 Å². The summed E-state index contributed by atoms with van der Waals surface area (Å²) in [6.07, 6.45) is 3.03. The van der Waals surface area contributed by atoms with Gasteiger partial charge in [0.2, 0.25) is 0 Å². The van der Waals surface area contributed by atoms with Crippen LogP contribution in [0.4, 0.5) is 5.69 Å². The molecule has 130 valence electrons. The van der Waals surface area contributed by atoms with E-state index in [1.54, 1.807) is 12.1 Å². The van der Waals surface area contributed by atoms with E-state index in [1.165, 1.54) is 12.3 Å². The zero-order chi connectivity index (χ0) is 18.4. The Morgan fingerprint density at radius 2 is 1.88 bits per heavy atom. The molecule has 5 nitrogen and oxygen atoms in total. The predicted octanol–water partition coefficient (Wildman–Crippen LogP) is 3.55. The largest absolute Gasteiger partial charge is 0.347 e. The van der Waals surface area contributed by atoms with E-state index >= 15 is 0 Å².